The molecule has 2 atom stereocenters. The van der Waals surface area contributed by atoms with Gasteiger partial charge < -0.3 is 9.84 Å². The predicted octanol–water partition coefficient (Wildman–Crippen LogP) is 7.15. The van der Waals surface area contributed by atoms with Gasteiger partial charge in [0, 0.05) is 11.1 Å². The minimum absolute atomic E-state index is 0.106. The summed E-state index contributed by atoms with van der Waals surface area (Å²) in [5, 5.41) is 12.8. The first-order valence-electron chi connectivity index (χ1n) is 12.5. The fourth-order valence-electron chi connectivity index (χ4n) is 4.21. The number of carbonyl (C=O) groups is 2. The van der Waals surface area contributed by atoms with Gasteiger partial charge in [-0.05, 0) is 58.2 Å². The number of rotatable bonds is 9. The molecule has 0 amide bonds. The standard InChI is InChI=1S/C33H36O4/c1-24(2)21-22-28(31(35)37-32(3,4)5)33(36,27-19-13-8-14-20-27)29(23-25-15-9-6-10-16-25)30(34)26-17-11-7-12-18-26/h6-21,23,28,36H,22H2,1-5H3/b29-23+/t28-,33-/m0/s1. The molecule has 0 fully saturated rings. The number of aliphatic hydroxyl groups is 1. The third kappa shape index (κ3) is 7.14. The number of hydrogen-bond donors (Lipinski definition) is 1. The van der Waals surface area contributed by atoms with Crippen LogP contribution in [0.15, 0.2) is 108 Å². The number of carbonyl (C=O) groups excluding carboxylic acids is 2. The summed E-state index contributed by atoms with van der Waals surface area (Å²) in [6.07, 6.45) is 3.77. The lowest BCUT2D eigenvalue weighted by Crippen LogP contribution is -2.46. The van der Waals surface area contributed by atoms with E-state index in [1.807, 2.05) is 62.4 Å². The second-order valence-electron chi connectivity index (χ2n) is 10.4. The van der Waals surface area contributed by atoms with Gasteiger partial charge in [0.05, 0.1) is 5.92 Å². The van der Waals surface area contributed by atoms with E-state index in [2.05, 4.69) is 0 Å². The number of Topliss-reactive ketones (excluding diaryl/α,β-unsaturated/α-hetero) is 1. The fraction of sp³-hybridized carbons (Fsp3) is 0.273. The monoisotopic (exact) mass is 496 g/mol. The number of allylic oxidation sites excluding steroid dienone is 2. The van der Waals surface area contributed by atoms with E-state index in [4.69, 9.17) is 4.74 Å². The normalized spacial score (nSPS) is 14.3. The zero-order valence-electron chi connectivity index (χ0n) is 22.3. The van der Waals surface area contributed by atoms with Crippen molar-refractivity contribution in [3.05, 3.63) is 125 Å². The number of esters is 1. The summed E-state index contributed by atoms with van der Waals surface area (Å²) in [6.45, 7) is 9.24. The minimum Gasteiger partial charge on any atom is -0.460 e. The van der Waals surface area contributed by atoms with E-state index in [0.29, 0.717) is 11.1 Å². The Kier molecular flexibility index (Phi) is 9.01. The largest absolute Gasteiger partial charge is 0.460 e. The molecule has 0 aliphatic rings. The topological polar surface area (TPSA) is 63.6 Å². The first-order chi connectivity index (χ1) is 17.5. The maximum Gasteiger partial charge on any atom is 0.313 e. The van der Waals surface area contributed by atoms with Crippen molar-refractivity contribution in [2.45, 2.75) is 52.2 Å². The van der Waals surface area contributed by atoms with E-state index >= 15 is 0 Å². The van der Waals surface area contributed by atoms with Crippen molar-refractivity contribution in [1.82, 2.24) is 0 Å². The average Bonchev–Trinajstić information content (AvgIpc) is 2.87. The molecule has 0 saturated heterocycles. The van der Waals surface area contributed by atoms with Gasteiger partial charge in [-0.1, -0.05) is 103 Å². The second-order valence-corrected chi connectivity index (χ2v) is 10.4. The SMILES string of the molecule is CC(C)=CC[C@@H](C(=O)OC(C)(C)C)[C@](O)(/C(=C/c1ccccc1)C(=O)c1ccccc1)c1ccccc1. The quantitative estimate of drug-likeness (QED) is 0.148. The molecule has 0 bridgehead atoms. The van der Waals surface area contributed by atoms with Crippen molar-refractivity contribution < 1.29 is 19.4 Å². The van der Waals surface area contributed by atoms with E-state index in [0.717, 1.165) is 11.1 Å². The van der Waals surface area contributed by atoms with Crippen molar-refractivity contribution in [2.24, 2.45) is 5.92 Å². The second kappa shape index (κ2) is 12.0. The van der Waals surface area contributed by atoms with Gasteiger partial charge in [0.2, 0.25) is 0 Å². The van der Waals surface area contributed by atoms with Crippen molar-refractivity contribution in [3.63, 3.8) is 0 Å². The van der Waals surface area contributed by atoms with Crippen LogP contribution in [0.5, 0.6) is 0 Å². The predicted molar refractivity (Wildman–Crippen MR) is 149 cm³/mol. The lowest BCUT2D eigenvalue weighted by atomic mass is 9.71. The molecule has 0 aromatic heterocycles. The zero-order valence-corrected chi connectivity index (χ0v) is 22.3. The Labute approximate surface area is 220 Å². The van der Waals surface area contributed by atoms with Crippen molar-refractivity contribution in [2.75, 3.05) is 0 Å². The van der Waals surface area contributed by atoms with E-state index in [9.17, 15) is 14.7 Å². The Hall–Kier alpha value is -3.76. The molecule has 0 heterocycles. The molecule has 4 heteroatoms. The number of hydrogen-bond acceptors (Lipinski definition) is 4. The molecular formula is C33H36O4. The van der Waals surface area contributed by atoms with Crippen LogP contribution >= 0.6 is 0 Å². The molecule has 0 aliphatic carbocycles. The number of ketones is 1. The lowest BCUT2D eigenvalue weighted by molar-refractivity contribution is -0.168. The fourth-order valence-corrected chi connectivity index (χ4v) is 4.21. The smallest absolute Gasteiger partial charge is 0.313 e. The van der Waals surface area contributed by atoms with Crippen LogP contribution in [0.1, 0.15) is 62.5 Å². The highest BCUT2D eigenvalue weighted by atomic mass is 16.6. The zero-order chi connectivity index (χ0) is 27.1. The summed E-state index contributed by atoms with van der Waals surface area (Å²) in [5.74, 6) is -2.01. The van der Waals surface area contributed by atoms with Crippen LogP contribution in [0.25, 0.3) is 6.08 Å². The first kappa shape index (κ1) is 27.8. The van der Waals surface area contributed by atoms with Crippen LogP contribution in [-0.4, -0.2) is 22.5 Å². The van der Waals surface area contributed by atoms with Crippen molar-refractivity contribution in [1.29, 1.82) is 0 Å². The molecule has 3 aromatic carbocycles. The Morgan fingerprint density at radius 1 is 0.838 bits per heavy atom. The van der Waals surface area contributed by atoms with Gasteiger partial charge in [0.1, 0.15) is 11.2 Å². The minimum atomic E-state index is -1.97. The maximum absolute atomic E-state index is 14.1. The summed E-state index contributed by atoms with van der Waals surface area (Å²) in [6, 6.07) is 27.1. The number of ether oxygens (including phenoxy) is 1. The van der Waals surface area contributed by atoms with Gasteiger partial charge in [-0.25, -0.2) is 0 Å². The molecule has 192 valence electrons. The van der Waals surface area contributed by atoms with Gasteiger partial charge in [-0.3, -0.25) is 9.59 Å². The lowest BCUT2D eigenvalue weighted by Gasteiger charge is -2.38. The first-order valence-corrected chi connectivity index (χ1v) is 12.5. The highest BCUT2D eigenvalue weighted by Crippen LogP contribution is 2.43. The highest BCUT2D eigenvalue weighted by molar-refractivity contribution is 6.13. The molecule has 4 nitrogen and oxygen atoms in total. The molecule has 3 rings (SSSR count). The molecule has 37 heavy (non-hydrogen) atoms. The van der Waals surface area contributed by atoms with E-state index in [1.165, 1.54) is 0 Å². The third-order valence-corrected chi connectivity index (χ3v) is 5.97. The van der Waals surface area contributed by atoms with Crippen molar-refractivity contribution >= 4 is 17.8 Å². The molecule has 0 saturated carbocycles. The molecular weight excluding hydrogens is 460 g/mol. The summed E-state index contributed by atoms with van der Waals surface area (Å²) in [4.78, 5) is 27.9. The Balaban J connectivity index is 2.35. The summed E-state index contributed by atoms with van der Waals surface area (Å²) in [5.41, 5.74) is -0.0470. The van der Waals surface area contributed by atoms with Crippen LogP contribution < -0.4 is 0 Å². The van der Waals surface area contributed by atoms with Crippen LogP contribution in [0.2, 0.25) is 0 Å². The molecule has 0 aliphatic heterocycles. The molecule has 1 N–H and O–H groups in total. The van der Waals surface area contributed by atoms with Gasteiger partial charge in [-0.15, -0.1) is 0 Å². The highest BCUT2D eigenvalue weighted by Gasteiger charge is 2.49. The van der Waals surface area contributed by atoms with E-state index in [-0.39, 0.29) is 17.8 Å². The molecule has 0 spiro atoms. The Morgan fingerprint density at radius 3 is 1.86 bits per heavy atom. The Morgan fingerprint density at radius 2 is 1.35 bits per heavy atom. The summed E-state index contributed by atoms with van der Waals surface area (Å²) < 4.78 is 5.82. The maximum atomic E-state index is 14.1. The molecule has 0 radical (unpaired) electrons. The summed E-state index contributed by atoms with van der Waals surface area (Å²) in [7, 11) is 0. The van der Waals surface area contributed by atoms with Gasteiger partial charge in [0.25, 0.3) is 0 Å². The van der Waals surface area contributed by atoms with Crippen LogP contribution in [0.3, 0.4) is 0 Å². The van der Waals surface area contributed by atoms with E-state index in [1.54, 1.807) is 75.4 Å². The van der Waals surface area contributed by atoms with Crippen LogP contribution in [0.4, 0.5) is 0 Å². The average molecular weight is 497 g/mol. The molecule has 3 aromatic rings. The summed E-state index contributed by atoms with van der Waals surface area (Å²) >= 11 is 0. The Bertz CT molecular complexity index is 1250. The third-order valence-electron chi connectivity index (χ3n) is 5.97. The number of benzene rings is 3. The van der Waals surface area contributed by atoms with Gasteiger partial charge in [0.15, 0.2) is 5.78 Å². The van der Waals surface area contributed by atoms with Crippen molar-refractivity contribution in [3.8, 4) is 0 Å². The van der Waals surface area contributed by atoms with Gasteiger partial charge >= 0.3 is 5.97 Å². The van der Waals surface area contributed by atoms with Crippen LogP contribution in [0, 0.1) is 5.92 Å². The van der Waals surface area contributed by atoms with E-state index < -0.39 is 23.1 Å². The van der Waals surface area contributed by atoms with Crippen LogP contribution in [-0.2, 0) is 15.1 Å². The molecule has 0 unspecified atom stereocenters. The van der Waals surface area contributed by atoms with Gasteiger partial charge in [-0.2, -0.15) is 0 Å².